The molecule has 0 fully saturated rings. The fraction of sp³-hybridized carbons (Fsp3) is 0.290. The second kappa shape index (κ2) is 13.8. The van der Waals surface area contributed by atoms with E-state index in [1.54, 1.807) is 45.0 Å². The summed E-state index contributed by atoms with van der Waals surface area (Å²) < 4.78 is 18.2. The molecule has 0 radical (unpaired) electrons. The normalized spacial score (nSPS) is 14.5. The van der Waals surface area contributed by atoms with Crippen molar-refractivity contribution in [1.29, 1.82) is 0 Å². The van der Waals surface area contributed by atoms with E-state index in [1.165, 1.54) is 19.4 Å². The van der Waals surface area contributed by atoms with Crippen molar-refractivity contribution in [3.8, 4) is 17.2 Å². The quantitative estimate of drug-likeness (QED) is 0.125. The molecule has 3 N–H and O–H groups in total. The van der Waals surface area contributed by atoms with Crippen molar-refractivity contribution in [3.05, 3.63) is 91.9 Å². The van der Waals surface area contributed by atoms with Crippen LogP contribution < -0.4 is 25.5 Å². The lowest BCUT2D eigenvalue weighted by Gasteiger charge is -2.28. The summed E-state index contributed by atoms with van der Waals surface area (Å²) in [6, 6.07) is 10.5. The van der Waals surface area contributed by atoms with Crippen LogP contribution in [0.2, 0.25) is 0 Å². The van der Waals surface area contributed by atoms with E-state index in [0.29, 0.717) is 28.1 Å². The van der Waals surface area contributed by atoms with Gasteiger partial charge in [0.1, 0.15) is 0 Å². The largest absolute Gasteiger partial charge is 0.493 e. The van der Waals surface area contributed by atoms with Gasteiger partial charge in [0.25, 0.3) is 11.6 Å². The van der Waals surface area contributed by atoms with Gasteiger partial charge in [-0.25, -0.2) is 15.0 Å². The number of nitrogens with zero attached hydrogens (tertiary/aromatic N) is 3. The van der Waals surface area contributed by atoms with Crippen molar-refractivity contribution >= 4 is 29.8 Å². The number of esters is 1. The third-order valence-electron chi connectivity index (χ3n) is 7.16. The highest BCUT2D eigenvalue weighted by molar-refractivity contribution is 5.95. The minimum Gasteiger partial charge on any atom is -0.493 e. The molecule has 45 heavy (non-hydrogen) atoms. The summed E-state index contributed by atoms with van der Waals surface area (Å²) in [6.45, 7) is 8.50. The molecule has 1 aromatic heterocycles. The Bertz CT molecular complexity index is 1720. The number of ether oxygens (including phenoxy) is 3. The van der Waals surface area contributed by atoms with Gasteiger partial charge in [0, 0.05) is 34.3 Å². The van der Waals surface area contributed by atoms with Crippen molar-refractivity contribution in [2.24, 2.45) is 5.10 Å². The zero-order valence-corrected chi connectivity index (χ0v) is 25.7. The molecule has 1 atom stereocenters. The van der Waals surface area contributed by atoms with Crippen LogP contribution in [0.15, 0.2) is 58.8 Å². The second-order valence-electron chi connectivity index (χ2n) is 10.2. The number of hydrazone groups is 1. The van der Waals surface area contributed by atoms with Crippen molar-refractivity contribution in [2.45, 2.75) is 40.7 Å². The monoisotopic (exact) mass is 618 g/mol. The molecule has 1 aliphatic heterocycles. The first-order valence-corrected chi connectivity index (χ1v) is 14.0. The zero-order chi connectivity index (χ0) is 32.8. The molecule has 0 bridgehead atoms. The molecule has 14 heteroatoms. The van der Waals surface area contributed by atoms with Crippen LogP contribution in [0.25, 0.3) is 5.69 Å². The number of benzene rings is 2. The Morgan fingerprint density at radius 1 is 1.11 bits per heavy atom. The number of carbonyl (C=O) groups excluding carboxylic acids is 3. The van der Waals surface area contributed by atoms with Crippen LogP contribution in [-0.4, -0.2) is 53.9 Å². The van der Waals surface area contributed by atoms with Gasteiger partial charge in [0.15, 0.2) is 18.1 Å². The highest BCUT2D eigenvalue weighted by Gasteiger charge is 2.32. The Balaban J connectivity index is 1.43. The van der Waals surface area contributed by atoms with E-state index in [-0.39, 0.29) is 36.0 Å². The topological polar surface area (TPSA) is 175 Å². The van der Waals surface area contributed by atoms with Crippen molar-refractivity contribution in [2.75, 3.05) is 20.3 Å². The Morgan fingerprint density at radius 2 is 1.87 bits per heavy atom. The Labute approximate surface area is 259 Å². The molecule has 3 amide bonds. The third-order valence-corrected chi connectivity index (χ3v) is 7.16. The van der Waals surface area contributed by atoms with Gasteiger partial charge in [-0.05, 0) is 64.4 Å². The number of nitro benzene ring substituents is 1. The number of amides is 3. The van der Waals surface area contributed by atoms with Gasteiger partial charge < -0.3 is 29.4 Å². The van der Waals surface area contributed by atoms with E-state index >= 15 is 0 Å². The summed E-state index contributed by atoms with van der Waals surface area (Å²) in [6.07, 6.45) is 1.48. The maximum Gasteiger partial charge on any atom is 0.338 e. The lowest BCUT2D eigenvalue weighted by Crippen LogP contribution is -2.45. The number of methoxy groups -OCH3 is 1. The summed E-state index contributed by atoms with van der Waals surface area (Å²) in [7, 11) is 1.43. The Morgan fingerprint density at radius 3 is 2.56 bits per heavy atom. The van der Waals surface area contributed by atoms with E-state index < -0.39 is 28.9 Å². The first-order valence-electron chi connectivity index (χ1n) is 14.0. The summed E-state index contributed by atoms with van der Waals surface area (Å²) in [4.78, 5) is 48.3. The molecule has 2 heterocycles. The molecule has 1 aliphatic rings. The van der Waals surface area contributed by atoms with Gasteiger partial charge in [-0.1, -0.05) is 12.1 Å². The van der Waals surface area contributed by atoms with E-state index in [9.17, 15) is 24.5 Å². The number of nitro groups is 1. The van der Waals surface area contributed by atoms with E-state index in [4.69, 9.17) is 14.2 Å². The van der Waals surface area contributed by atoms with Crippen LogP contribution in [0, 0.1) is 30.9 Å². The molecule has 3 aromatic rings. The van der Waals surface area contributed by atoms with Crippen molar-refractivity contribution in [1.82, 2.24) is 20.6 Å². The maximum atomic E-state index is 12.6. The molecule has 0 saturated carbocycles. The van der Waals surface area contributed by atoms with Crippen LogP contribution in [0.3, 0.4) is 0 Å². The number of rotatable bonds is 11. The molecule has 0 saturated heterocycles. The Kier molecular flexibility index (Phi) is 9.86. The number of hydrogen-bond acceptors (Lipinski definition) is 9. The van der Waals surface area contributed by atoms with Gasteiger partial charge in [-0.2, -0.15) is 5.10 Å². The predicted octanol–water partition coefficient (Wildman–Crippen LogP) is 4.04. The van der Waals surface area contributed by atoms with Crippen LogP contribution in [0.5, 0.6) is 11.5 Å². The highest BCUT2D eigenvalue weighted by Crippen LogP contribution is 2.34. The van der Waals surface area contributed by atoms with Crippen LogP contribution in [-0.2, 0) is 14.3 Å². The van der Waals surface area contributed by atoms with E-state index in [2.05, 4.69) is 21.2 Å². The lowest BCUT2D eigenvalue weighted by molar-refractivity contribution is -0.385. The zero-order valence-electron chi connectivity index (χ0n) is 25.7. The van der Waals surface area contributed by atoms with Crippen LogP contribution in [0.4, 0.5) is 10.5 Å². The molecule has 2 aromatic carbocycles. The lowest BCUT2D eigenvalue weighted by atomic mass is 9.95. The summed E-state index contributed by atoms with van der Waals surface area (Å²) in [5.41, 5.74) is 7.17. The number of urea groups is 1. The van der Waals surface area contributed by atoms with Gasteiger partial charge in [0.05, 0.1) is 42.2 Å². The molecule has 14 nitrogen and oxygen atoms in total. The number of nitrogens with one attached hydrogen (secondary N) is 3. The smallest absolute Gasteiger partial charge is 0.338 e. The standard InChI is InChI=1S/C31H34N6O8/c1-7-44-30(39)28-19(4)33-31(40)34-29(28)21-9-11-25(26(13-21)43-6)45-16-27(38)35-32-15-22-12-18(3)36(20(22)5)23-10-8-17(2)24(14-23)37(41)42/h8-15,29H,7,16H2,1-6H3,(H,35,38)(H2,33,34,40)/b32-15-/t29-/m1/s1. The average molecular weight is 619 g/mol. The number of allylic oxidation sites excluding steroid dienone is 1. The molecule has 4 rings (SSSR count). The summed E-state index contributed by atoms with van der Waals surface area (Å²) in [5, 5.41) is 20.8. The van der Waals surface area contributed by atoms with Crippen molar-refractivity contribution in [3.63, 3.8) is 0 Å². The molecule has 236 valence electrons. The number of carbonyl (C=O) groups is 3. The Hall–Kier alpha value is -5.66. The van der Waals surface area contributed by atoms with Gasteiger partial charge in [-0.15, -0.1) is 0 Å². The minimum absolute atomic E-state index is 0.0279. The van der Waals surface area contributed by atoms with Gasteiger partial charge in [-0.3, -0.25) is 14.9 Å². The van der Waals surface area contributed by atoms with E-state index in [1.807, 2.05) is 30.5 Å². The summed E-state index contributed by atoms with van der Waals surface area (Å²) >= 11 is 0. The van der Waals surface area contributed by atoms with Gasteiger partial charge in [0.2, 0.25) is 0 Å². The molecule has 0 unspecified atom stereocenters. The summed E-state index contributed by atoms with van der Waals surface area (Å²) in [5.74, 6) is -0.560. The molecule has 0 aliphatic carbocycles. The fourth-order valence-electron chi connectivity index (χ4n) is 5.00. The number of aromatic nitrogens is 1. The first-order chi connectivity index (χ1) is 21.4. The average Bonchev–Trinajstić information content (AvgIpc) is 3.27. The highest BCUT2D eigenvalue weighted by atomic mass is 16.6. The molecular weight excluding hydrogens is 584 g/mol. The molecular formula is C31H34N6O8. The van der Waals surface area contributed by atoms with Gasteiger partial charge >= 0.3 is 12.0 Å². The first kappa shape index (κ1) is 32.3. The maximum absolute atomic E-state index is 12.6. The minimum atomic E-state index is -0.790. The number of aryl methyl sites for hydroxylation is 2. The number of hydrogen-bond donors (Lipinski definition) is 3. The second-order valence-corrected chi connectivity index (χ2v) is 10.2. The van der Waals surface area contributed by atoms with E-state index in [0.717, 1.165) is 11.4 Å². The molecule has 0 spiro atoms. The van der Waals surface area contributed by atoms with Crippen molar-refractivity contribution < 1.29 is 33.5 Å². The van der Waals surface area contributed by atoms with Crippen LogP contribution in [0.1, 0.15) is 48.0 Å². The fourth-order valence-corrected chi connectivity index (χ4v) is 5.00. The van der Waals surface area contributed by atoms with Crippen LogP contribution >= 0.6 is 0 Å². The third kappa shape index (κ3) is 7.12. The SMILES string of the molecule is CCOC(=O)C1=C(C)NC(=O)N[C@@H]1c1ccc(OCC(=O)N/N=C\c2cc(C)n(-c3ccc(C)c([N+](=O)[O-])c3)c2C)c(OC)c1. The predicted molar refractivity (Wildman–Crippen MR) is 165 cm³/mol.